The van der Waals surface area contributed by atoms with Crippen LogP contribution in [0.15, 0.2) is 59.6 Å². The molecule has 1 heterocycles. The first kappa shape index (κ1) is 35.1. The van der Waals surface area contributed by atoms with E-state index in [-0.39, 0.29) is 17.7 Å². The molecule has 1 aromatic heterocycles. The molecule has 0 aliphatic rings. The molecular weight excluding hydrogens is 574 g/mol. The molecule has 0 unspecified atom stereocenters. The van der Waals surface area contributed by atoms with Gasteiger partial charge in [-0.3, -0.25) is 14.4 Å². The average molecular weight is 624 g/mol. The van der Waals surface area contributed by atoms with Gasteiger partial charge in [0, 0.05) is 48.6 Å². The number of nitrogens with two attached hydrogens (primary N) is 2. The molecule has 0 bridgehead atoms. The molecule has 240 valence electrons. The van der Waals surface area contributed by atoms with E-state index in [1.54, 1.807) is 7.05 Å². The van der Waals surface area contributed by atoms with Crippen LogP contribution in [0.2, 0.25) is 0 Å². The van der Waals surface area contributed by atoms with E-state index in [1.165, 1.54) is 4.90 Å². The van der Waals surface area contributed by atoms with Crippen molar-refractivity contribution >= 4 is 41.3 Å². The van der Waals surface area contributed by atoms with Gasteiger partial charge in [-0.1, -0.05) is 43.3 Å². The van der Waals surface area contributed by atoms with Gasteiger partial charge < -0.3 is 37.3 Å². The van der Waals surface area contributed by atoms with Gasteiger partial charge in [-0.05, 0) is 74.9 Å². The molecular formula is C33H49N7O3S. The molecule has 0 spiro atoms. The second-order valence-corrected chi connectivity index (χ2v) is 11.6. The van der Waals surface area contributed by atoms with Crippen LogP contribution in [0.1, 0.15) is 56.6 Å². The predicted octanol–water partition coefficient (Wildman–Crippen LogP) is 2.86. The van der Waals surface area contributed by atoms with Crippen molar-refractivity contribution in [3.63, 3.8) is 0 Å². The first-order valence-electron chi connectivity index (χ1n) is 15.6. The highest BCUT2D eigenvalue weighted by atomic mass is 32.1. The van der Waals surface area contributed by atoms with Crippen molar-refractivity contribution < 1.29 is 14.4 Å². The van der Waals surface area contributed by atoms with E-state index < -0.39 is 18.1 Å². The van der Waals surface area contributed by atoms with Gasteiger partial charge in [0.15, 0.2) is 0 Å². The number of aromatic amines is 1. The second kappa shape index (κ2) is 18.4. The summed E-state index contributed by atoms with van der Waals surface area (Å²) < 4.78 is 0. The third kappa shape index (κ3) is 10.1. The maximum atomic E-state index is 14.1. The standard InChI is InChI=1S/C33H49N7O3S/c1-3-19-36-32(42)29(20-24-22-37-26-13-6-5-12-25(24)26)40(2)33(43)28(14-8-9-17-34)39-31(41)27(15-10-18-35)38-21-23-11-4-7-16-30(23)44/h4-7,11-13,16,22,27-29,37-38,44H,3,8-10,14-15,17-21,34-35H2,1-2H3,(H,36,42)(H,39,41)/t27-,28-,29-/m0/s1. The molecule has 3 aromatic rings. The van der Waals surface area contributed by atoms with E-state index >= 15 is 0 Å². The highest BCUT2D eigenvalue weighted by Crippen LogP contribution is 2.21. The zero-order valence-corrected chi connectivity index (χ0v) is 26.9. The van der Waals surface area contributed by atoms with Crippen LogP contribution in [-0.4, -0.2) is 72.4 Å². The summed E-state index contributed by atoms with van der Waals surface area (Å²) in [6, 6.07) is 13.4. The molecule has 0 saturated carbocycles. The SMILES string of the molecule is CCCNC(=O)[C@H](Cc1c[nH]c2ccccc12)N(C)C(=O)[C@H](CCCCN)NC(=O)[C@H](CCCN)NCc1ccccc1S. The number of carbonyl (C=O) groups excluding carboxylic acids is 3. The molecule has 8 N–H and O–H groups in total. The number of aromatic nitrogens is 1. The third-order valence-corrected chi connectivity index (χ3v) is 8.30. The summed E-state index contributed by atoms with van der Waals surface area (Å²) in [6.07, 6.45) is 5.93. The van der Waals surface area contributed by atoms with Crippen LogP contribution in [0.3, 0.4) is 0 Å². The van der Waals surface area contributed by atoms with Crippen molar-refractivity contribution in [2.75, 3.05) is 26.7 Å². The largest absolute Gasteiger partial charge is 0.361 e. The van der Waals surface area contributed by atoms with Crippen LogP contribution in [0.25, 0.3) is 10.9 Å². The van der Waals surface area contributed by atoms with Gasteiger partial charge in [-0.25, -0.2) is 0 Å². The molecule has 0 aliphatic heterocycles. The number of likely N-dealkylation sites (N-methyl/N-ethyl adjacent to an activating group) is 1. The van der Waals surface area contributed by atoms with Gasteiger partial charge in [0.1, 0.15) is 12.1 Å². The molecule has 2 aromatic carbocycles. The number of unbranched alkanes of at least 4 members (excludes halogenated alkanes) is 1. The van der Waals surface area contributed by atoms with Crippen molar-refractivity contribution in [1.29, 1.82) is 0 Å². The second-order valence-electron chi connectivity index (χ2n) is 11.2. The summed E-state index contributed by atoms with van der Waals surface area (Å²) in [4.78, 5) is 46.8. The van der Waals surface area contributed by atoms with Crippen LogP contribution < -0.4 is 27.4 Å². The zero-order valence-electron chi connectivity index (χ0n) is 26.0. The van der Waals surface area contributed by atoms with Gasteiger partial charge >= 0.3 is 0 Å². The number of carbonyl (C=O) groups is 3. The Kier molecular flexibility index (Phi) is 14.7. The lowest BCUT2D eigenvalue weighted by molar-refractivity contribution is -0.142. The number of hydrogen-bond donors (Lipinski definition) is 7. The number of thiol groups is 1. The zero-order chi connectivity index (χ0) is 31.9. The average Bonchev–Trinajstić information content (AvgIpc) is 3.44. The Morgan fingerprint density at radius 3 is 2.34 bits per heavy atom. The Hall–Kier alpha value is -3.38. The lowest BCUT2D eigenvalue weighted by Crippen LogP contribution is -2.57. The Morgan fingerprint density at radius 1 is 0.909 bits per heavy atom. The van der Waals surface area contributed by atoms with Gasteiger partial charge in [-0.15, -0.1) is 12.6 Å². The summed E-state index contributed by atoms with van der Waals surface area (Å²) in [5.74, 6) is -0.823. The molecule has 3 rings (SSSR count). The minimum absolute atomic E-state index is 0.229. The van der Waals surface area contributed by atoms with Gasteiger partial charge in [0.2, 0.25) is 17.7 Å². The van der Waals surface area contributed by atoms with Crippen molar-refractivity contribution in [2.24, 2.45) is 11.5 Å². The number of fused-ring (bicyclic) bond motifs is 1. The van der Waals surface area contributed by atoms with E-state index in [4.69, 9.17) is 11.5 Å². The summed E-state index contributed by atoms with van der Waals surface area (Å²) in [5, 5.41) is 10.3. The quantitative estimate of drug-likeness (QED) is 0.0804. The number of nitrogens with one attached hydrogen (secondary N) is 4. The number of H-pyrrole nitrogens is 1. The van der Waals surface area contributed by atoms with Crippen molar-refractivity contribution in [3.8, 4) is 0 Å². The fourth-order valence-electron chi connectivity index (χ4n) is 5.24. The normalized spacial score (nSPS) is 13.3. The third-order valence-electron chi connectivity index (χ3n) is 7.86. The fraction of sp³-hybridized carbons (Fsp3) is 0.485. The first-order valence-corrected chi connectivity index (χ1v) is 16.1. The van der Waals surface area contributed by atoms with Crippen LogP contribution in [0, 0.1) is 0 Å². The molecule has 11 heteroatoms. The van der Waals surface area contributed by atoms with Crippen LogP contribution >= 0.6 is 12.6 Å². The predicted molar refractivity (Wildman–Crippen MR) is 179 cm³/mol. The van der Waals surface area contributed by atoms with Crippen LogP contribution in [-0.2, 0) is 27.3 Å². The number of rotatable bonds is 19. The minimum atomic E-state index is -0.817. The molecule has 3 amide bonds. The van der Waals surface area contributed by atoms with Crippen LogP contribution in [0.5, 0.6) is 0 Å². The van der Waals surface area contributed by atoms with Crippen LogP contribution in [0.4, 0.5) is 0 Å². The maximum absolute atomic E-state index is 14.1. The summed E-state index contributed by atoms with van der Waals surface area (Å²) in [5.41, 5.74) is 14.4. The van der Waals surface area contributed by atoms with Crippen molar-refractivity contribution in [3.05, 3.63) is 65.9 Å². The molecule has 0 saturated heterocycles. The number of amides is 3. The summed E-state index contributed by atoms with van der Waals surface area (Å²) >= 11 is 4.53. The Morgan fingerprint density at radius 2 is 1.61 bits per heavy atom. The van der Waals surface area contributed by atoms with Gasteiger partial charge in [0.05, 0.1) is 6.04 Å². The lowest BCUT2D eigenvalue weighted by Gasteiger charge is -2.32. The fourth-order valence-corrected chi connectivity index (χ4v) is 5.48. The molecule has 3 atom stereocenters. The molecule has 10 nitrogen and oxygen atoms in total. The molecule has 0 aliphatic carbocycles. The highest BCUT2D eigenvalue weighted by Gasteiger charge is 2.33. The topological polar surface area (TPSA) is 158 Å². The van der Waals surface area contributed by atoms with Gasteiger partial charge in [-0.2, -0.15) is 0 Å². The van der Waals surface area contributed by atoms with Gasteiger partial charge in [0.25, 0.3) is 0 Å². The van der Waals surface area contributed by atoms with Crippen molar-refractivity contribution in [1.82, 2.24) is 25.8 Å². The first-order chi connectivity index (χ1) is 21.3. The van der Waals surface area contributed by atoms with E-state index in [9.17, 15) is 14.4 Å². The van der Waals surface area contributed by atoms with E-state index in [0.717, 1.165) is 33.3 Å². The molecule has 44 heavy (non-hydrogen) atoms. The number of benzene rings is 2. The van der Waals surface area contributed by atoms with E-state index in [0.29, 0.717) is 64.7 Å². The Balaban J connectivity index is 1.82. The maximum Gasteiger partial charge on any atom is 0.245 e. The lowest BCUT2D eigenvalue weighted by atomic mass is 10.0. The number of nitrogens with zero attached hydrogens (tertiary/aromatic N) is 1. The monoisotopic (exact) mass is 623 g/mol. The Bertz CT molecular complexity index is 1350. The number of hydrogen-bond acceptors (Lipinski definition) is 7. The summed E-state index contributed by atoms with van der Waals surface area (Å²) in [6.45, 7) is 3.86. The highest BCUT2D eigenvalue weighted by molar-refractivity contribution is 7.80. The molecule has 0 radical (unpaired) electrons. The Labute approximate surface area is 266 Å². The summed E-state index contributed by atoms with van der Waals surface area (Å²) in [7, 11) is 1.64. The molecule has 0 fully saturated rings. The van der Waals surface area contributed by atoms with E-state index in [2.05, 4.69) is 33.6 Å². The van der Waals surface area contributed by atoms with Crippen molar-refractivity contribution in [2.45, 2.75) is 81.4 Å². The minimum Gasteiger partial charge on any atom is -0.361 e. The smallest absolute Gasteiger partial charge is 0.245 e. The van der Waals surface area contributed by atoms with E-state index in [1.807, 2.05) is 61.7 Å². The number of para-hydroxylation sites is 1.